The third-order valence-corrected chi connectivity index (χ3v) is 1.60. The number of hydrogen-bond donors (Lipinski definition) is 0. The summed E-state index contributed by atoms with van der Waals surface area (Å²) in [5, 5.41) is 20.7. The molecule has 70 valence electrons. The van der Waals surface area contributed by atoms with E-state index in [0.717, 1.165) is 12.3 Å². The van der Waals surface area contributed by atoms with Crippen LogP contribution in [0, 0.1) is 20.2 Å². The molecule has 1 aromatic heterocycles. The zero-order chi connectivity index (χ0) is 10.0. The van der Waals surface area contributed by atoms with Crippen molar-refractivity contribution < 1.29 is 9.85 Å². The van der Waals surface area contributed by atoms with E-state index < -0.39 is 9.85 Å². The number of aromatic nitrogens is 1. The summed E-state index contributed by atoms with van der Waals surface area (Å²) in [6, 6.07) is 0.948. The molecule has 13 heavy (non-hydrogen) atoms. The SMILES string of the molecule is CCn1cc([N+](=O)[O-])cc1[N+](=O)[O-]. The first kappa shape index (κ1) is 9.17. The first-order valence-electron chi connectivity index (χ1n) is 3.55. The summed E-state index contributed by atoms with van der Waals surface area (Å²) >= 11 is 0. The molecule has 0 N–H and O–H groups in total. The lowest BCUT2D eigenvalue weighted by Crippen LogP contribution is -1.98. The van der Waals surface area contributed by atoms with Crippen LogP contribution < -0.4 is 0 Å². The van der Waals surface area contributed by atoms with Gasteiger partial charge >= 0.3 is 11.5 Å². The van der Waals surface area contributed by atoms with Crippen LogP contribution in [0.2, 0.25) is 0 Å². The summed E-state index contributed by atoms with van der Waals surface area (Å²) in [5.74, 6) is -0.255. The Labute approximate surface area is 72.9 Å². The van der Waals surface area contributed by atoms with Crippen molar-refractivity contribution in [2.45, 2.75) is 13.5 Å². The number of nitro groups is 2. The van der Waals surface area contributed by atoms with E-state index in [0.29, 0.717) is 6.54 Å². The second kappa shape index (κ2) is 3.21. The van der Waals surface area contributed by atoms with Gasteiger partial charge in [0.2, 0.25) is 0 Å². The van der Waals surface area contributed by atoms with Gasteiger partial charge in [0, 0.05) is 0 Å². The third kappa shape index (κ3) is 1.63. The highest BCUT2D eigenvalue weighted by Crippen LogP contribution is 2.22. The maximum Gasteiger partial charge on any atom is 0.330 e. The predicted molar refractivity (Wildman–Crippen MR) is 43.4 cm³/mol. The Kier molecular flexibility index (Phi) is 2.27. The molecule has 0 saturated carbocycles. The molecule has 1 aromatic rings. The summed E-state index contributed by atoms with van der Waals surface area (Å²) < 4.78 is 1.22. The van der Waals surface area contributed by atoms with Crippen LogP contribution in [-0.4, -0.2) is 14.4 Å². The molecule has 0 aliphatic carbocycles. The van der Waals surface area contributed by atoms with Crippen molar-refractivity contribution in [1.29, 1.82) is 0 Å². The first-order valence-corrected chi connectivity index (χ1v) is 3.55. The maximum absolute atomic E-state index is 10.4. The quantitative estimate of drug-likeness (QED) is 0.524. The monoisotopic (exact) mass is 185 g/mol. The zero-order valence-corrected chi connectivity index (χ0v) is 6.84. The average molecular weight is 185 g/mol. The van der Waals surface area contributed by atoms with Crippen molar-refractivity contribution in [3.05, 3.63) is 32.5 Å². The van der Waals surface area contributed by atoms with E-state index in [2.05, 4.69) is 0 Å². The Morgan fingerprint density at radius 3 is 2.31 bits per heavy atom. The predicted octanol–water partition coefficient (Wildman–Crippen LogP) is 1.32. The minimum atomic E-state index is -0.654. The lowest BCUT2D eigenvalue weighted by Gasteiger charge is -1.94. The molecule has 0 atom stereocenters. The summed E-state index contributed by atoms with van der Waals surface area (Å²) in [6.07, 6.45) is 1.15. The van der Waals surface area contributed by atoms with Crippen LogP contribution in [0.5, 0.6) is 0 Å². The fourth-order valence-corrected chi connectivity index (χ4v) is 0.989. The molecule has 0 unspecified atom stereocenters. The Hall–Kier alpha value is -1.92. The number of rotatable bonds is 3. The Morgan fingerprint density at radius 2 is 2.00 bits per heavy atom. The molecule has 0 bridgehead atoms. The summed E-state index contributed by atoms with van der Waals surface area (Å²) in [5.41, 5.74) is -0.256. The molecule has 0 amide bonds. The van der Waals surface area contributed by atoms with Gasteiger partial charge in [-0.2, -0.15) is 0 Å². The zero-order valence-electron chi connectivity index (χ0n) is 6.84. The highest BCUT2D eigenvalue weighted by atomic mass is 16.6. The van der Waals surface area contributed by atoms with E-state index in [-0.39, 0.29) is 11.5 Å². The molecular formula is C6H7N3O4. The molecule has 0 aliphatic rings. The molecule has 0 radical (unpaired) electrons. The van der Waals surface area contributed by atoms with Crippen LogP contribution >= 0.6 is 0 Å². The Morgan fingerprint density at radius 1 is 1.38 bits per heavy atom. The molecule has 7 nitrogen and oxygen atoms in total. The normalized spacial score (nSPS) is 9.92. The molecule has 0 fully saturated rings. The van der Waals surface area contributed by atoms with Gasteiger partial charge in [0.1, 0.15) is 6.07 Å². The Balaban J connectivity index is 3.19. The van der Waals surface area contributed by atoms with Crippen molar-refractivity contribution in [3.63, 3.8) is 0 Å². The molecule has 0 aliphatic heterocycles. The molecule has 0 aromatic carbocycles. The first-order chi connectivity index (χ1) is 6.06. The second-order valence-corrected chi connectivity index (χ2v) is 2.36. The van der Waals surface area contributed by atoms with Gasteiger partial charge in [-0.05, 0) is 11.8 Å². The fourth-order valence-electron chi connectivity index (χ4n) is 0.989. The largest absolute Gasteiger partial charge is 0.358 e. The van der Waals surface area contributed by atoms with Crippen LogP contribution in [0.25, 0.3) is 0 Å². The highest BCUT2D eigenvalue weighted by molar-refractivity contribution is 5.39. The number of hydrogen-bond acceptors (Lipinski definition) is 4. The Bertz CT molecular complexity index is 357. The summed E-state index contributed by atoms with van der Waals surface area (Å²) in [4.78, 5) is 19.4. The molecule has 1 heterocycles. The van der Waals surface area contributed by atoms with Gasteiger partial charge in [0.15, 0.2) is 6.20 Å². The average Bonchev–Trinajstić information content (AvgIpc) is 2.47. The van der Waals surface area contributed by atoms with Crippen molar-refractivity contribution >= 4 is 11.5 Å². The van der Waals surface area contributed by atoms with E-state index >= 15 is 0 Å². The molecule has 0 spiro atoms. The van der Waals surface area contributed by atoms with E-state index in [9.17, 15) is 20.2 Å². The van der Waals surface area contributed by atoms with Gasteiger partial charge in [0.05, 0.1) is 11.5 Å². The van der Waals surface area contributed by atoms with Crippen LogP contribution in [0.1, 0.15) is 6.92 Å². The van der Waals surface area contributed by atoms with Crippen molar-refractivity contribution in [2.75, 3.05) is 0 Å². The van der Waals surface area contributed by atoms with Gasteiger partial charge < -0.3 is 10.1 Å². The summed E-state index contributed by atoms with van der Waals surface area (Å²) in [6.45, 7) is 2.01. The van der Waals surface area contributed by atoms with Crippen LogP contribution in [0.3, 0.4) is 0 Å². The van der Waals surface area contributed by atoms with Crippen molar-refractivity contribution in [3.8, 4) is 0 Å². The van der Waals surface area contributed by atoms with E-state index in [1.807, 2.05) is 0 Å². The van der Waals surface area contributed by atoms with E-state index in [1.165, 1.54) is 4.57 Å². The number of aryl methyl sites for hydroxylation is 1. The molecule has 0 saturated heterocycles. The van der Waals surface area contributed by atoms with Gasteiger partial charge in [0.25, 0.3) is 0 Å². The van der Waals surface area contributed by atoms with Gasteiger partial charge in [-0.1, -0.05) is 0 Å². The summed E-state index contributed by atoms with van der Waals surface area (Å²) in [7, 11) is 0. The minimum Gasteiger partial charge on any atom is -0.358 e. The maximum atomic E-state index is 10.4. The number of nitrogens with zero attached hydrogens (tertiary/aromatic N) is 3. The topological polar surface area (TPSA) is 91.2 Å². The van der Waals surface area contributed by atoms with Gasteiger partial charge in [-0.25, -0.2) is 4.57 Å². The van der Waals surface area contributed by atoms with Gasteiger partial charge in [-0.3, -0.25) is 10.1 Å². The second-order valence-electron chi connectivity index (χ2n) is 2.36. The van der Waals surface area contributed by atoms with Crippen LogP contribution in [-0.2, 0) is 6.54 Å². The highest BCUT2D eigenvalue weighted by Gasteiger charge is 2.21. The molecule has 1 rings (SSSR count). The third-order valence-electron chi connectivity index (χ3n) is 1.60. The van der Waals surface area contributed by atoms with E-state index in [1.54, 1.807) is 6.92 Å². The van der Waals surface area contributed by atoms with Crippen LogP contribution in [0.15, 0.2) is 12.3 Å². The van der Waals surface area contributed by atoms with Crippen LogP contribution in [0.4, 0.5) is 11.5 Å². The lowest BCUT2D eigenvalue weighted by molar-refractivity contribution is -0.394. The standard InChI is InChI=1S/C6H7N3O4/c1-2-7-4-5(8(10)11)3-6(7)9(12)13/h3-4H,2H2,1H3. The van der Waals surface area contributed by atoms with Gasteiger partial charge in [-0.15, -0.1) is 0 Å². The lowest BCUT2D eigenvalue weighted by atomic mass is 10.5. The molecular weight excluding hydrogens is 178 g/mol. The van der Waals surface area contributed by atoms with Crippen molar-refractivity contribution in [2.24, 2.45) is 0 Å². The minimum absolute atomic E-state index is 0.255. The smallest absolute Gasteiger partial charge is 0.330 e. The molecule has 7 heteroatoms. The van der Waals surface area contributed by atoms with E-state index in [4.69, 9.17) is 0 Å². The fraction of sp³-hybridized carbons (Fsp3) is 0.333. The van der Waals surface area contributed by atoms with Crippen molar-refractivity contribution in [1.82, 2.24) is 4.57 Å².